The van der Waals surface area contributed by atoms with Gasteiger partial charge in [-0.2, -0.15) is 5.26 Å². The largest absolute Gasteiger partial charge is 0.330 e. The molecule has 3 heterocycles. The number of pyridine rings is 1. The van der Waals surface area contributed by atoms with Crippen molar-refractivity contribution in [3.63, 3.8) is 0 Å². The first kappa shape index (κ1) is 20.9. The van der Waals surface area contributed by atoms with Gasteiger partial charge < -0.3 is 4.57 Å². The van der Waals surface area contributed by atoms with Gasteiger partial charge in [-0.15, -0.1) is 0 Å². The van der Waals surface area contributed by atoms with E-state index in [1.54, 1.807) is 0 Å². The normalized spacial score (nSPS) is 11.1. The summed E-state index contributed by atoms with van der Waals surface area (Å²) in [5.41, 5.74) is 2.25. The van der Waals surface area contributed by atoms with E-state index in [4.69, 9.17) is 0 Å². The number of aromatic nitrogens is 5. The zero-order valence-corrected chi connectivity index (χ0v) is 17.9. The molecule has 152 valence electrons. The van der Waals surface area contributed by atoms with Crippen LogP contribution in [0.25, 0.3) is 11.2 Å². The van der Waals surface area contributed by atoms with Gasteiger partial charge in [-0.3, -0.25) is 14.3 Å². The minimum absolute atomic E-state index is 0.410. The summed E-state index contributed by atoms with van der Waals surface area (Å²) >= 11 is 1.42. The number of fused-ring (bicyclic) bond motifs is 1. The number of nitriles is 1. The Balaban J connectivity index is 2.07. The lowest BCUT2D eigenvalue weighted by Gasteiger charge is -2.08. The van der Waals surface area contributed by atoms with Gasteiger partial charge in [0.05, 0.1) is 11.3 Å². The first-order chi connectivity index (χ1) is 13.9. The summed E-state index contributed by atoms with van der Waals surface area (Å²) in [6, 6.07) is 4.11. The molecule has 0 aliphatic carbocycles. The molecule has 0 spiro atoms. The number of aromatic amines is 1. The third kappa shape index (κ3) is 3.98. The lowest BCUT2D eigenvalue weighted by atomic mass is 10.1. The van der Waals surface area contributed by atoms with Crippen LogP contribution in [-0.4, -0.2) is 24.1 Å². The van der Waals surface area contributed by atoms with Gasteiger partial charge >= 0.3 is 5.69 Å². The van der Waals surface area contributed by atoms with Gasteiger partial charge in [0.2, 0.25) is 0 Å². The molecule has 0 unspecified atom stereocenters. The highest BCUT2D eigenvalue weighted by molar-refractivity contribution is 7.98. The van der Waals surface area contributed by atoms with Crippen molar-refractivity contribution in [1.29, 1.82) is 5.26 Å². The van der Waals surface area contributed by atoms with Crippen molar-refractivity contribution in [2.45, 2.75) is 64.4 Å². The van der Waals surface area contributed by atoms with E-state index >= 15 is 0 Å². The molecular weight excluding hydrogens is 388 g/mol. The maximum absolute atomic E-state index is 12.5. The van der Waals surface area contributed by atoms with Gasteiger partial charge in [-0.1, -0.05) is 25.1 Å². The Morgan fingerprint density at radius 2 is 1.97 bits per heavy atom. The van der Waals surface area contributed by atoms with E-state index in [0.717, 1.165) is 24.1 Å². The summed E-state index contributed by atoms with van der Waals surface area (Å²) in [4.78, 5) is 36.4. The second kappa shape index (κ2) is 8.66. The number of thioether (sulfide) groups is 1. The van der Waals surface area contributed by atoms with Crippen molar-refractivity contribution in [1.82, 2.24) is 24.1 Å². The number of hydrogen-bond donors (Lipinski definition) is 1. The van der Waals surface area contributed by atoms with Crippen LogP contribution in [0.3, 0.4) is 0 Å². The van der Waals surface area contributed by atoms with Crippen LogP contribution in [0.1, 0.15) is 49.3 Å². The van der Waals surface area contributed by atoms with Gasteiger partial charge in [0.15, 0.2) is 11.2 Å². The van der Waals surface area contributed by atoms with Crippen LogP contribution in [0.15, 0.2) is 20.7 Å². The molecule has 8 nitrogen and oxygen atoms in total. The molecule has 0 aliphatic rings. The van der Waals surface area contributed by atoms with Crippen LogP contribution in [-0.2, 0) is 18.8 Å². The Morgan fingerprint density at radius 1 is 1.21 bits per heavy atom. The summed E-state index contributed by atoms with van der Waals surface area (Å²) in [7, 11) is 0. The quantitative estimate of drug-likeness (QED) is 0.598. The molecule has 9 heteroatoms. The number of nitrogens with zero attached hydrogens (tertiary/aromatic N) is 5. The van der Waals surface area contributed by atoms with Crippen molar-refractivity contribution >= 4 is 22.9 Å². The van der Waals surface area contributed by atoms with Crippen molar-refractivity contribution in [3.8, 4) is 6.07 Å². The molecule has 0 saturated carbocycles. The smallest absolute Gasteiger partial charge is 0.322 e. The molecule has 0 saturated heterocycles. The lowest BCUT2D eigenvalue weighted by Crippen LogP contribution is -2.31. The van der Waals surface area contributed by atoms with Crippen molar-refractivity contribution in [2.24, 2.45) is 0 Å². The standard InChI is InChI=1S/C20H24N6O2S/c1-5-7-8-26-17-16(18(27)24-20(26)28)25(6-2)15(23-17)11-29-19-14(10-21)12(3)9-13(4)22-19/h9H,5-8,11H2,1-4H3,(H,24,27,28). The first-order valence-electron chi connectivity index (χ1n) is 9.64. The lowest BCUT2D eigenvalue weighted by molar-refractivity contribution is 0.613. The second-order valence-corrected chi connectivity index (χ2v) is 7.83. The van der Waals surface area contributed by atoms with E-state index in [2.05, 4.69) is 21.0 Å². The number of imidazole rings is 1. The van der Waals surface area contributed by atoms with E-state index in [9.17, 15) is 14.9 Å². The molecule has 0 amide bonds. The summed E-state index contributed by atoms with van der Waals surface area (Å²) < 4.78 is 3.37. The van der Waals surface area contributed by atoms with E-state index in [-0.39, 0.29) is 0 Å². The number of H-pyrrole nitrogens is 1. The number of aryl methyl sites for hydroxylation is 4. The average molecular weight is 413 g/mol. The maximum atomic E-state index is 12.5. The average Bonchev–Trinajstić information content (AvgIpc) is 3.04. The van der Waals surface area contributed by atoms with Gasteiger partial charge in [0.25, 0.3) is 5.56 Å². The molecule has 0 fully saturated rings. The number of hydrogen-bond acceptors (Lipinski definition) is 6. The molecule has 1 N–H and O–H groups in total. The fraction of sp³-hybridized carbons (Fsp3) is 0.450. The molecule has 0 aromatic carbocycles. The number of nitrogens with one attached hydrogen (secondary N) is 1. The highest BCUT2D eigenvalue weighted by atomic mass is 32.2. The van der Waals surface area contributed by atoms with Crippen LogP contribution >= 0.6 is 11.8 Å². The van der Waals surface area contributed by atoms with Crippen LogP contribution < -0.4 is 11.2 Å². The fourth-order valence-electron chi connectivity index (χ4n) is 3.37. The molecule has 0 radical (unpaired) electrons. The van der Waals surface area contributed by atoms with Gasteiger partial charge in [-0.25, -0.2) is 14.8 Å². The molecular formula is C20H24N6O2S. The minimum Gasteiger partial charge on any atom is -0.322 e. The van der Waals surface area contributed by atoms with E-state index in [0.29, 0.717) is 46.4 Å². The van der Waals surface area contributed by atoms with E-state index in [1.807, 2.05) is 38.3 Å². The van der Waals surface area contributed by atoms with Crippen LogP contribution in [0.2, 0.25) is 0 Å². The fourth-order valence-corrected chi connectivity index (χ4v) is 4.41. The molecule has 3 aromatic heterocycles. The summed E-state index contributed by atoms with van der Waals surface area (Å²) in [5, 5.41) is 10.1. The SMILES string of the molecule is CCCCn1c(=O)[nH]c(=O)c2c1nc(CSc1nc(C)cc(C)c1C#N)n2CC. The molecule has 3 aromatic rings. The van der Waals surface area contributed by atoms with E-state index < -0.39 is 11.2 Å². The molecule has 0 bridgehead atoms. The van der Waals surface area contributed by atoms with Crippen molar-refractivity contribution < 1.29 is 0 Å². The van der Waals surface area contributed by atoms with Gasteiger partial charge in [0, 0.05) is 18.8 Å². The Hall–Kier alpha value is -2.86. The number of rotatable bonds is 7. The third-order valence-corrected chi connectivity index (χ3v) is 5.75. The van der Waals surface area contributed by atoms with Crippen LogP contribution in [0.5, 0.6) is 0 Å². The third-order valence-electron chi connectivity index (χ3n) is 4.78. The van der Waals surface area contributed by atoms with Crippen molar-refractivity contribution in [3.05, 3.63) is 49.5 Å². The Morgan fingerprint density at radius 3 is 2.62 bits per heavy atom. The zero-order chi connectivity index (χ0) is 21.1. The summed E-state index contributed by atoms with van der Waals surface area (Å²) in [6.07, 6.45) is 1.75. The monoisotopic (exact) mass is 412 g/mol. The van der Waals surface area contributed by atoms with Crippen molar-refractivity contribution in [2.75, 3.05) is 0 Å². The molecule has 0 atom stereocenters. The summed E-state index contributed by atoms with van der Waals surface area (Å²) in [6.45, 7) is 8.83. The Bertz CT molecular complexity index is 1210. The highest BCUT2D eigenvalue weighted by Crippen LogP contribution is 2.27. The maximum Gasteiger partial charge on any atom is 0.330 e. The molecule has 0 aliphatic heterocycles. The Labute approximate surface area is 172 Å². The zero-order valence-electron chi connectivity index (χ0n) is 17.1. The van der Waals surface area contributed by atoms with E-state index in [1.165, 1.54) is 16.3 Å². The predicted octanol–water partition coefficient (Wildman–Crippen LogP) is 2.88. The van der Waals surface area contributed by atoms with Crippen LogP contribution in [0, 0.1) is 25.2 Å². The van der Waals surface area contributed by atoms with Crippen LogP contribution in [0.4, 0.5) is 0 Å². The first-order valence-corrected chi connectivity index (χ1v) is 10.6. The molecule has 29 heavy (non-hydrogen) atoms. The molecule has 3 rings (SSSR count). The second-order valence-electron chi connectivity index (χ2n) is 6.87. The predicted molar refractivity (Wildman–Crippen MR) is 113 cm³/mol. The number of unbranched alkanes of at least 4 members (excludes halogenated alkanes) is 1. The topological polar surface area (TPSA) is 109 Å². The summed E-state index contributed by atoms with van der Waals surface area (Å²) in [5.74, 6) is 1.12. The van der Waals surface area contributed by atoms with Gasteiger partial charge in [0.1, 0.15) is 16.9 Å². The Kier molecular flexibility index (Phi) is 6.23. The van der Waals surface area contributed by atoms with Gasteiger partial charge in [-0.05, 0) is 38.8 Å². The highest BCUT2D eigenvalue weighted by Gasteiger charge is 2.19. The minimum atomic E-state index is -0.432.